The Bertz CT molecular complexity index is 1030. The number of esters is 1. The number of para-hydroxylation sites is 2. The Morgan fingerprint density at radius 3 is 2.32 bits per heavy atom. The molecule has 0 aromatic heterocycles. The summed E-state index contributed by atoms with van der Waals surface area (Å²) in [6, 6.07) is 20.8. The molecule has 0 bridgehead atoms. The summed E-state index contributed by atoms with van der Waals surface area (Å²) in [5, 5.41) is 5.05. The van der Waals surface area contributed by atoms with Crippen molar-refractivity contribution in [1.29, 1.82) is 0 Å². The van der Waals surface area contributed by atoms with E-state index in [-0.39, 0.29) is 25.2 Å². The Morgan fingerprint density at radius 1 is 0.871 bits per heavy atom. The van der Waals surface area contributed by atoms with Crippen LogP contribution in [-0.2, 0) is 14.3 Å². The van der Waals surface area contributed by atoms with Crippen LogP contribution in [0.25, 0.3) is 10.8 Å². The Hall–Kier alpha value is -3.54. The molecule has 6 nitrogen and oxygen atoms in total. The zero-order valence-electron chi connectivity index (χ0n) is 17.8. The number of carbonyl (C=O) groups excluding carboxylic acids is 2. The van der Waals surface area contributed by atoms with E-state index in [1.807, 2.05) is 62.4 Å². The summed E-state index contributed by atoms with van der Waals surface area (Å²) in [6.45, 7) is 3.79. The lowest BCUT2D eigenvalue weighted by Crippen LogP contribution is -2.32. The standard InChI is InChI=1S/C25H27NO5/c1-3-15-29-22-13-6-7-14-23(22)30-17-25(28)31-16-24(27)26-18(2)20-12-8-10-19-9-4-5-11-21(19)20/h4-14,18H,3,15-17H2,1-2H3,(H,26,27)/t18-/m0/s1. The molecule has 0 saturated heterocycles. The van der Waals surface area contributed by atoms with Gasteiger partial charge >= 0.3 is 5.97 Å². The predicted octanol–water partition coefficient (Wildman–Crippen LogP) is 4.43. The highest BCUT2D eigenvalue weighted by molar-refractivity contribution is 5.87. The Kier molecular flexibility index (Phi) is 7.87. The van der Waals surface area contributed by atoms with Crippen LogP contribution < -0.4 is 14.8 Å². The summed E-state index contributed by atoms with van der Waals surface area (Å²) in [7, 11) is 0. The fourth-order valence-electron chi connectivity index (χ4n) is 3.21. The molecule has 0 heterocycles. The summed E-state index contributed by atoms with van der Waals surface area (Å²) >= 11 is 0. The maximum absolute atomic E-state index is 12.3. The second-order valence-corrected chi connectivity index (χ2v) is 7.10. The first kappa shape index (κ1) is 22.2. The first-order valence-electron chi connectivity index (χ1n) is 10.4. The third-order valence-corrected chi connectivity index (χ3v) is 4.69. The number of hydrogen-bond donors (Lipinski definition) is 1. The fraction of sp³-hybridized carbons (Fsp3) is 0.280. The number of nitrogens with one attached hydrogen (secondary N) is 1. The molecule has 3 rings (SSSR count). The van der Waals surface area contributed by atoms with Crippen LogP contribution in [0.4, 0.5) is 0 Å². The van der Waals surface area contributed by atoms with Crippen molar-refractivity contribution in [2.75, 3.05) is 19.8 Å². The van der Waals surface area contributed by atoms with Crippen molar-refractivity contribution >= 4 is 22.6 Å². The molecule has 1 N–H and O–H groups in total. The molecule has 1 amide bonds. The molecule has 31 heavy (non-hydrogen) atoms. The van der Waals surface area contributed by atoms with Crippen molar-refractivity contribution in [1.82, 2.24) is 5.32 Å². The number of carbonyl (C=O) groups is 2. The maximum atomic E-state index is 12.3. The fourth-order valence-corrected chi connectivity index (χ4v) is 3.21. The lowest BCUT2D eigenvalue weighted by molar-refractivity contribution is -0.150. The normalized spacial score (nSPS) is 11.5. The molecule has 6 heteroatoms. The highest BCUT2D eigenvalue weighted by atomic mass is 16.6. The zero-order chi connectivity index (χ0) is 22.1. The summed E-state index contributed by atoms with van der Waals surface area (Å²) in [5.74, 6) is 0.0273. The quantitative estimate of drug-likeness (QED) is 0.490. The highest BCUT2D eigenvalue weighted by Crippen LogP contribution is 2.26. The van der Waals surface area contributed by atoms with Gasteiger partial charge in [0, 0.05) is 0 Å². The lowest BCUT2D eigenvalue weighted by Gasteiger charge is -2.17. The maximum Gasteiger partial charge on any atom is 0.344 e. The topological polar surface area (TPSA) is 73.9 Å². The van der Waals surface area contributed by atoms with Crippen LogP contribution in [0.15, 0.2) is 66.7 Å². The average Bonchev–Trinajstić information content (AvgIpc) is 2.80. The van der Waals surface area contributed by atoms with Crippen LogP contribution in [0.1, 0.15) is 31.9 Å². The van der Waals surface area contributed by atoms with Gasteiger partial charge in [-0.05, 0) is 41.8 Å². The van der Waals surface area contributed by atoms with Gasteiger partial charge in [-0.2, -0.15) is 0 Å². The molecule has 3 aromatic carbocycles. The van der Waals surface area contributed by atoms with Gasteiger partial charge in [-0.3, -0.25) is 4.79 Å². The van der Waals surface area contributed by atoms with Crippen molar-refractivity contribution in [3.63, 3.8) is 0 Å². The number of amides is 1. The molecule has 0 saturated carbocycles. The monoisotopic (exact) mass is 421 g/mol. The summed E-state index contributed by atoms with van der Waals surface area (Å²) < 4.78 is 16.1. The molecule has 0 spiro atoms. The molecule has 1 atom stereocenters. The van der Waals surface area contributed by atoms with Crippen LogP contribution in [0.5, 0.6) is 11.5 Å². The van der Waals surface area contributed by atoms with E-state index in [4.69, 9.17) is 14.2 Å². The second-order valence-electron chi connectivity index (χ2n) is 7.10. The number of hydrogen-bond acceptors (Lipinski definition) is 5. The van der Waals surface area contributed by atoms with Gasteiger partial charge in [0.25, 0.3) is 5.91 Å². The van der Waals surface area contributed by atoms with Crippen LogP contribution >= 0.6 is 0 Å². The van der Waals surface area contributed by atoms with E-state index >= 15 is 0 Å². The van der Waals surface area contributed by atoms with Gasteiger partial charge < -0.3 is 19.5 Å². The van der Waals surface area contributed by atoms with E-state index < -0.39 is 5.97 Å². The van der Waals surface area contributed by atoms with Gasteiger partial charge in [0.1, 0.15) is 0 Å². The van der Waals surface area contributed by atoms with Crippen molar-refractivity contribution < 1.29 is 23.8 Å². The molecule has 162 valence electrons. The van der Waals surface area contributed by atoms with E-state index in [1.54, 1.807) is 18.2 Å². The molecule has 0 aliphatic carbocycles. The highest BCUT2D eigenvalue weighted by Gasteiger charge is 2.15. The largest absolute Gasteiger partial charge is 0.490 e. The first-order chi connectivity index (χ1) is 15.1. The molecule has 0 aliphatic heterocycles. The minimum atomic E-state index is -0.627. The summed E-state index contributed by atoms with van der Waals surface area (Å²) in [4.78, 5) is 24.3. The van der Waals surface area contributed by atoms with Crippen molar-refractivity contribution in [2.45, 2.75) is 26.3 Å². The van der Waals surface area contributed by atoms with E-state index in [1.165, 1.54) is 0 Å². The number of fused-ring (bicyclic) bond motifs is 1. The van der Waals surface area contributed by atoms with Crippen LogP contribution in [0.3, 0.4) is 0 Å². The first-order valence-corrected chi connectivity index (χ1v) is 10.4. The third kappa shape index (κ3) is 6.22. The molecule has 3 aromatic rings. The number of rotatable bonds is 10. The van der Waals surface area contributed by atoms with Gasteiger partial charge in [0.2, 0.25) is 0 Å². The van der Waals surface area contributed by atoms with Crippen molar-refractivity contribution in [2.24, 2.45) is 0 Å². The molecule has 0 unspecified atom stereocenters. The van der Waals surface area contributed by atoms with Crippen molar-refractivity contribution in [3.05, 3.63) is 72.3 Å². The third-order valence-electron chi connectivity index (χ3n) is 4.69. The molecule has 0 fully saturated rings. The molecular weight excluding hydrogens is 394 g/mol. The lowest BCUT2D eigenvalue weighted by atomic mass is 10.00. The number of benzene rings is 3. The van der Waals surface area contributed by atoms with Gasteiger partial charge in [-0.15, -0.1) is 0 Å². The Labute approximate surface area is 182 Å². The number of ether oxygens (including phenoxy) is 3. The average molecular weight is 421 g/mol. The molecular formula is C25H27NO5. The summed E-state index contributed by atoms with van der Waals surface area (Å²) in [5.41, 5.74) is 1.00. The Balaban J connectivity index is 1.48. The van der Waals surface area contributed by atoms with E-state index in [2.05, 4.69) is 5.32 Å². The zero-order valence-corrected chi connectivity index (χ0v) is 17.8. The molecule has 0 aliphatic rings. The van der Waals surface area contributed by atoms with Gasteiger partial charge in [0.15, 0.2) is 24.7 Å². The van der Waals surface area contributed by atoms with Crippen LogP contribution in [0.2, 0.25) is 0 Å². The van der Waals surface area contributed by atoms with Gasteiger partial charge in [-0.25, -0.2) is 4.79 Å². The Morgan fingerprint density at radius 2 is 1.55 bits per heavy atom. The smallest absolute Gasteiger partial charge is 0.344 e. The van der Waals surface area contributed by atoms with Crippen molar-refractivity contribution in [3.8, 4) is 11.5 Å². The minimum Gasteiger partial charge on any atom is -0.490 e. The minimum absolute atomic E-state index is 0.226. The predicted molar refractivity (Wildman–Crippen MR) is 119 cm³/mol. The van der Waals surface area contributed by atoms with Gasteiger partial charge in [-0.1, -0.05) is 61.5 Å². The van der Waals surface area contributed by atoms with E-state index in [9.17, 15) is 9.59 Å². The molecule has 0 radical (unpaired) electrons. The summed E-state index contributed by atoms with van der Waals surface area (Å²) in [6.07, 6.45) is 0.864. The van der Waals surface area contributed by atoms with Crippen LogP contribution in [0, 0.1) is 0 Å². The van der Waals surface area contributed by atoms with Gasteiger partial charge in [0.05, 0.1) is 12.6 Å². The van der Waals surface area contributed by atoms with E-state index in [0.29, 0.717) is 18.1 Å². The second kappa shape index (κ2) is 11.0. The van der Waals surface area contributed by atoms with E-state index in [0.717, 1.165) is 22.8 Å². The van der Waals surface area contributed by atoms with Crippen LogP contribution in [-0.4, -0.2) is 31.7 Å². The SMILES string of the molecule is CCCOc1ccccc1OCC(=O)OCC(=O)N[C@@H](C)c1cccc2ccccc12.